The van der Waals surface area contributed by atoms with Crippen LogP contribution in [-0.4, -0.2) is 11.1 Å². The highest BCUT2D eigenvalue weighted by atomic mass is 19.1. The minimum atomic E-state index is -0.830. The maximum Gasteiger partial charge on any atom is 0.303 e. The Morgan fingerprint density at radius 3 is 2.86 bits per heavy atom. The van der Waals surface area contributed by atoms with E-state index >= 15 is 0 Å². The van der Waals surface area contributed by atoms with Crippen LogP contribution < -0.4 is 0 Å². The molecule has 0 aromatic heterocycles. The zero-order chi connectivity index (χ0) is 10.6. The minimum absolute atomic E-state index is 0.0704. The Morgan fingerprint density at radius 2 is 2.29 bits per heavy atom. The number of halogens is 1. The number of benzene rings is 1. The molecule has 1 aromatic rings. The lowest BCUT2D eigenvalue weighted by Gasteiger charge is -2.09. The summed E-state index contributed by atoms with van der Waals surface area (Å²) >= 11 is 0. The summed E-state index contributed by atoms with van der Waals surface area (Å²) in [6.07, 6.45) is 0.0791. The zero-order valence-electron chi connectivity index (χ0n) is 8.03. The van der Waals surface area contributed by atoms with Gasteiger partial charge in [-0.2, -0.15) is 0 Å². The second kappa shape index (κ2) is 4.74. The van der Waals surface area contributed by atoms with Crippen LogP contribution in [0.25, 0.3) is 0 Å². The van der Waals surface area contributed by atoms with Gasteiger partial charge >= 0.3 is 5.97 Å². The van der Waals surface area contributed by atoms with Gasteiger partial charge in [0.25, 0.3) is 0 Å². The predicted octanol–water partition coefficient (Wildman–Crippen LogP) is 2.73. The van der Waals surface area contributed by atoms with Gasteiger partial charge in [-0.3, -0.25) is 4.79 Å². The number of aliphatic carboxylic acids is 1. The average Bonchev–Trinajstić information content (AvgIpc) is 2.17. The molecule has 0 fully saturated rings. The molecule has 2 nitrogen and oxygen atoms in total. The molecule has 0 bridgehead atoms. The summed E-state index contributed by atoms with van der Waals surface area (Å²) in [6.45, 7) is 1.32. The minimum Gasteiger partial charge on any atom is -0.481 e. The van der Waals surface area contributed by atoms with Gasteiger partial charge in [-0.25, -0.2) is 4.39 Å². The van der Waals surface area contributed by atoms with Crippen LogP contribution in [0, 0.1) is 0 Å². The Kier molecular flexibility index (Phi) is 3.63. The van der Waals surface area contributed by atoms with Crippen LogP contribution in [0.3, 0.4) is 0 Å². The van der Waals surface area contributed by atoms with Crippen LogP contribution in [0.4, 0.5) is 4.39 Å². The Hall–Kier alpha value is -1.38. The summed E-state index contributed by atoms with van der Waals surface area (Å²) in [6, 6.07) is 6.99. The van der Waals surface area contributed by atoms with Crippen LogP contribution in [0.5, 0.6) is 0 Å². The third kappa shape index (κ3) is 2.83. The van der Waals surface area contributed by atoms with Crippen molar-refractivity contribution in [3.63, 3.8) is 0 Å². The van der Waals surface area contributed by atoms with Gasteiger partial charge in [-0.15, -0.1) is 0 Å². The maximum atomic E-state index is 12.3. The number of carboxylic acid groups (broad SMARTS) is 1. The number of hydrogen-bond acceptors (Lipinski definition) is 1. The van der Waals surface area contributed by atoms with Crippen molar-refractivity contribution in [1.82, 2.24) is 0 Å². The quantitative estimate of drug-likeness (QED) is 0.803. The largest absolute Gasteiger partial charge is 0.481 e. The average molecular weight is 196 g/mol. The van der Waals surface area contributed by atoms with Crippen LogP contribution in [0.2, 0.25) is 0 Å². The highest BCUT2D eigenvalue weighted by molar-refractivity contribution is 5.67. The van der Waals surface area contributed by atoms with E-state index in [9.17, 15) is 9.18 Å². The van der Waals surface area contributed by atoms with Crippen molar-refractivity contribution in [3.05, 3.63) is 35.4 Å². The molecule has 0 aliphatic carbocycles. The van der Waals surface area contributed by atoms with Crippen LogP contribution in [-0.2, 0) is 11.5 Å². The second-order valence-corrected chi connectivity index (χ2v) is 3.38. The van der Waals surface area contributed by atoms with Crippen molar-refractivity contribution in [2.45, 2.75) is 25.9 Å². The van der Waals surface area contributed by atoms with Gasteiger partial charge in [0.1, 0.15) is 6.67 Å². The molecule has 14 heavy (non-hydrogen) atoms. The van der Waals surface area contributed by atoms with Gasteiger partial charge in [0.05, 0.1) is 6.42 Å². The van der Waals surface area contributed by atoms with Gasteiger partial charge in [0.2, 0.25) is 0 Å². The predicted molar refractivity (Wildman–Crippen MR) is 51.9 cm³/mol. The van der Waals surface area contributed by atoms with Gasteiger partial charge in [-0.05, 0) is 17.0 Å². The smallest absolute Gasteiger partial charge is 0.303 e. The van der Waals surface area contributed by atoms with E-state index in [1.54, 1.807) is 18.2 Å². The molecule has 3 heteroatoms. The second-order valence-electron chi connectivity index (χ2n) is 3.38. The lowest BCUT2D eigenvalue weighted by atomic mass is 9.96. The molecular weight excluding hydrogens is 183 g/mol. The Morgan fingerprint density at radius 1 is 1.57 bits per heavy atom. The first kappa shape index (κ1) is 10.7. The molecule has 0 amide bonds. The van der Waals surface area contributed by atoms with E-state index in [4.69, 9.17) is 5.11 Å². The van der Waals surface area contributed by atoms with E-state index in [-0.39, 0.29) is 12.3 Å². The molecule has 76 valence electrons. The lowest BCUT2D eigenvalue weighted by Crippen LogP contribution is -2.03. The summed E-state index contributed by atoms with van der Waals surface area (Å²) < 4.78 is 12.3. The first-order valence-electron chi connectivity index (χ1n) is 4.50. The van der Waals surface area contributed by atoms with Gasteiger partial charge in [0, 0.05) is 0 Å². The van der Waals surface area contributed by atoms with Crippen molar-refractivity contribution in [2.75, 3.05) is 0 Å². The molecule has 0 aliphatic heterocycles. The molecule has 0 radical (unpaired) electrons. The van der Waals surface area contributed by atoms with Gasteiger partial charge < -0.3 is 5.11 Å². The van der Waals surface area contributed by atoms with E-state index in [1.807, 2.05) is 13.0 Å². The molecule has 1 N–H and O–H groups in total. The van der Waals surface area contributed by atoms with Crippen molar-refractivity contribution in [1.29, 1.82) is 0 Å². The summed E-state index contributed by atoms with van der Waals surface area (Å²) in [5.74, 6) is -0.901. The standard InChI is InChI=1S/C11H13FO2/c1-8(5-11(13)14)10-4-2-3-9(6-10)7-12/h2-4,6,8H,5,7H2,1H3,(H,13,14). The monoisotopic (exact) mass is 196 g/mol. The van der Waals surface area contributed by atoms with E-state index in [1.165, 1.54) is 0 Å². The molecule has 1 rings (SSSR count). The normalized spacial score (nSPS) is 12.4. The zero-order valence-corrected chi connectivity index (χ0v) is 8.03. The van der Waals surface area contributed by atoms with Crippen LogP contribution in [0.15, 0.2) is 24.3 Å². The molecular formula is C11H13FO2. The summed E-state index contributed by atoms with van der Waals surface area (Å²) in [4.78, 5) is 10.5. The third-order valence-corrected chi connectivity index (χ3v) is 2.16. The molecule has 0 spiro atoms. The first-order chi connectivity index (χ1) is 6.63. The van der Waals surface area contributed by atoms with E-state index in [0.717, 1.165) is 5.56 Å². The van der Waals surface area contributed by atoms with E-state index in [2.05, 4.69) is 0 Å². The number of carbonyl (C=O) groups is 1. The van der Waals surface area contributed by atoms with Gasteiger partial charge in [-0.1, -0.05) is 31.2 Å². The Labute approximate surface area is 82.4 Å². The Balaban J connectivity index is 2.78. The van der Waals surface area contributed by atoms with E-state index < -0.39 is 12.6 Å². The van der Waals surface area contributed by atoms with Crippen LogP contribution >= 0.6 is 0 Å². The topological polar surface area (TPSA) is 37.3 Å². The summed E-state index contributed by atoms with van der Waals surface area (Å²) in [5, 5.41) is 8.60. The third-order valence-electron chi connectivity index (χ3n) is 2.16. The first-order valence-corrected chi connectivity index (χ1v) is 4.50. The van der Waals surface area contributed by atoms with E-state index in [0.29, 0.717) is 5.56 Å². The molecule has 1 atom stereocenters. The number of carboxylic acids is 1. The number of hydrogen-bond donors (Lipinski definition) is 1. The summed E-state index contributed by atoms with van der Waals surface area (Å²) in [7, 11) is 0. The molecule has 1 unspecified atom stereocenters. The van der Waals surface area contributed by atoms with Gasteiger partial charge in [0.15, 0.2) is 0 Å². The maximum absolute atomic E-state index is 12.3. The number of rotatable bonds is 4. The SMILES string of the molecule is CC(CC(=O)O)c1cccc(CF)c1. The molecule has 0 aliphatic rings. The fraction of sp³-hybridized carbons (Fsp3) is 0.364. The van der Waals surface area contributed by atoms with Crippen molar-refractivity contribution in [3.8, 4) is 0 Å². The lowest BCUT2D eigenvalue weighted by molar-refractivity contribution is -0.137. The van der Waals surface area contributed by atoms with Crippen LogP contribution in [0.1, 0.15) is 30.4 Å². The number of alkyl halides is 1. The fourth-order valence-corrected chi connectivity index (χ4v) is 1.36. The van der Waals surface area contributed by atoms with Crippen molar-refractivity contribution < 1.29 is 14.3 Å². The Bertz CT molecular complexity index is 323. The molecule has 1 aromatic carbocycles. The molecule has 0 saturated heterocycles. The fourth-order valence-electron chi connectivity index (χ4n) is 1.36. The van der Waals surface area contributed by atoms with Crippen molar-refractivity contribution >= 4 is 5.97 Å². The highest BCUT2D eigenvalue weighted by Crippen LogP contribution is 2.20. The van der Waals surface area contributed by atoms with Crippen molar-refractivity contribution in [2.24, 2.45) is 0 Å². The molecule has 0 saturated carbocycles. The summed E-state index contributed by atoms with van der Waals surface area (Å²) in [5.41, 5.74) is 1.47. The highest BCUT2D eigenvalue weighted by Gasteiger charge is 2.10. The molecule has 0 heterocycles.